The average molecular weight is 393 g/mol. The minimum Gasteiger partial charge on any atom is -0.506 e. The van der Waals surface area contributed by atoms with Gasteiger partial charge in [-0.3, -0.25) is 9.69 Å². The minimum atomic E-state index is -4.45. The number of hydrogen-bond donors (Lipinski definition) is 2. The highest BCUT2D eigenvalue weighted by Gasteiger charge is 2.31. The third-order valence-corrected chi connectivity index (χ3v) is 4.92. The highest BCUT2D eigenvalue weighted by Crippen LogP contribution is 2.31. The smallest absolute Gasteiger partial charge is 0.416 e. The second-order valence-electron chi connectivity index (χ2n) is 6.76. The number of alkyl halides is 3. The molecule has 0 radical (unpaired) electrons. The fraction of sp³-hybridized carbons (Fsp3) is 0.350. The predicted octanol–water partition coefficient (Wildman–Crippen LogP) is 3.56. The first kappa shape index (κ1) is 20.0. The minimum absolute atomic E-state index is 0.125. The molecule has 3 rings (SSSR count). The monoisotopic (exact) mass is 393 g/mol. The summed E-state index contributed by atoms with van der Waals surface area (Å²) in [5, 5.41) is 12.5. The molecule has 0 aromatic heterocycles. The molecule has 2 aromatic carbocycles. The second kappa shape index (κ2) is 8.10. The number of phenols is 1. The number of benzene rings is 2. The van der Waals surface area contributed by atoms with Gasteiger partial charge < -0.3 is 15.3 Å². The molecule has 0 aliphatic carbocycles. The number of carbonyl (C=O) groups excluding carboxylic acids is 1. The molecule has 0 unspecified atom stereocenters. The van der Waals surface area contributed by atoms with Gasteiger partial charge in [0.05, 0.1) is 17.3 Å². The van der Waals surface area contributed by atoms with Crippen molar-refractivity contribution in [3.63, 3.8) is 0 Å². The zero-order valence-electron chi connectivity index (χ0n) is 15.4. The highest BCUT2D eigenvalue weighted by molar-refractivity contribution is 5.94. The standard InChI is InChI=1S/C20H22F3N3O2/c1-14(19(28)24-16-6-4-5-15(13-16)20(21,22)23)25-9-11-26(12-10-25)17-7-2-3-8-18(17)27/h2-8,13-14,27H,9-12H2,1H3,(H,24,28)/t14-/m0/s1. The molecule has 1 atom stereocenters. The van der Waals surface area contributed by atoms with Crippen molar-refractivity contribution in [3.05, 3.63) is 54.1 Å². The zero-order valence-corrected chi connectivity index (χ0v) is 15.4. The Morgan fingerprint density at radius 2 is 1.75 bits per heavy atom. The molecule has 1 fully saturated rings. The first-order chi connectivity index (χ1) is 13.3. The lowest BCUT2D eigenvalue weighted by atomic mass is 10.1. The van der Waals surface area contributed by atoms with Gasteiger partial charge in [-0.05, 0) is 37.3 Å². The van der Waals surface area contributed by atoms with Crippen LogP contribution in [0.5, 0.6) is 5.75 Å². The molecule has 0 spiro atoms. The van der Waals surface area contributed by atoms with Crippen LogP contribution in [0.15, 0.2) is 48.5 Å². The number of amides is 1. The molecule has 8 heteroatoms. The van der Waals surface area contributed by atoms with Crippen molar-refractivity contribution in [1.29, 1.82) is 0 Å². The van der Waals surface area contributed by atoms with E-state index in [1.165, 1.54) is 12.1 Å². The number of nitrogens with zero attached hydrogens (tertiary/aromatic N) is 2. The van der Waals surface area contributed by atoms with Gasteiger partial charge in [-0.2, -0.15) is 13.2 Å². The van der Waals surface area contributed by atoms with E-state index in [4.69, 9.17) is 0 Å². The summed E-state index contributed by atoms with van der Waals surface area (Å²) in [6.07, 6.45) is -4.45. The third kappa shape index (κ3) is 4.56. The van der Waals surface area contributed by atoms with Crippen molar-refractivity contribution in [3.8, 4) is 5.75 Å². The van der Waals surface area contributed by atoms with Gasteiger partial charge in [-0.15, -0.1) is 0 Å². The summed E-state index contributed by atoms with van der Waals surface area (Å²) < 4.78 is 38.4. The van der Waals surface area contributed by atoms with E-state index < -0.39 is 17.8 Å². The number of hydrogen-bond acceptors (Lipinski definition) is 4. The summed E-state index contributed by atoms with van der Waals surface area (Å²) in [5.74, 6) is -0.137. The Bertz CT molecular complexity index is 833. The number of phenolic OH excluding ortho intramolecular Hbond substituents is 1. The lowest BCUT2D eigenvalue weighted by molar-refractivity contribution is -0.137. The highest BCUT2D eigenvalue weighted by atomic mass is 19.4. The number of rotatable bonds is 4. The van der Waals surface area contributed by atoms with Gasteiger partial charge >= 0.3 is 6.18 Å². The summed E-state index contributed by atoms with van der Waals surface area (Å²) in [6.45, 7) is 4.22. The van der Waals surface area contributed by atoms with Crippen LogP contribution < -0.4 is 10.2 Å². The maximum atomic E-state index is 12.8. The van der Waals surface area contributed by atoms with E-state index in [2.05, 4.69) is 5.32 Å². The molecule has 0 bridgehead atoms. The van der Waals surface area contributed by atoms with E-state index in [9.17, 15) is 23.1 Å². The van der Waals surface area contributed by atoms with Gasteiger partial charge in [0.15, 0.2) is 0 Å². The topological polar surface area (TPSA) is 55.8 Å². The van der Waals surface area contributed by atoms with E-state index in [0.717, 1.165) is 17.8 Å². The molecule has 150 valence electrons. The van der Waals surface area contributed by atoms with Crippen LogP contribution in [-0.2, 0) is 11.0 Å². The first-order valence-corrected chi connectivity index (χ1v) is 9.01. The number of piperazine rings is 1. The van der Waals surface area contributed by atoms with Crippen LogP contribution in [0.1, 0.15) is 12.5 Å². The Hall–Kier alpha value is -2.74. The van der Waals surface area contributed by atoms with Crippen molar-refractivity contribution in [2.75, 3.05) is 36.4 Å². The summed E-state index contributed by atoms with van der Waals surface area (Å²) in [5.41, 5.74) is 0.0805. The van der Waals surface area contributed by atoms with Crippen molar-refractivity contribution >= 4 is 17.3 Å². The maximum absolute atomic E-state index is 12.8. The van der Waals surface area contributed by atoms with Gasteiger partial charge in [-0.1, -0.05) is 18.2 Å². The van der Waals surface area contributed by atoms with Gasteiger partial charge in [-0.25, -0.2) is 0 Å². The average Bonchev–Trinajstić information content (AvgIpc) is 2.67. The van der Waals surface area contributed by atoms with Crippen molar-refractivity contribution in [2.24, 2.45) is 0 Å². The van der Waals surface area contributed by atoms with Gasteiger partial charge in [0, 0.05) is 31.9 Å². The summed E-state index contributed by atoms with van der Waals surface area (Å²) in [4.78, 5) is 16.5. The normalized spacial score (nSPS) is 16.6. The number of halogens is 3. The van der Waals surface area contributed by atoms with Crippen molar-refractivity contribution in [1.82, 2.24) is 4.90 Å². The summed E-state index contributed by atoms with van der Waals surface area (Å²) >= 11 is 0. The van der Waals surface area contributed by atoms with Crippen LogP contribution in [0.4, 0.5) is 24.5 Å². The van der Waals surface area contributed by atoms with Crippen LogP contribution in [0, 0.1) is 0 Å². The Balaban J connectivity index is 1.59. The Kier molecular flexibility index (Phi) is 5.79. The number of carbonyl (C=O) groups is 1. The molecular formula is C20H22F3N3O2. The molecule has 0 saturated carbocycles. The molecule has 2 N–H and O–H groups in total. The zero-order chi connectivity index (χ0) is 20.3. The van der Waals surface area contributed by atoms with Crippen LogP contribution in [0.3, 0.4) is 0 Å². The largest absolute Gasteiger partial charge is 0.506 e. The maximum Gasteiger partial charge on any atom is 0.416 e. The van der Waals surface area contributed by atoms with Crippen LogP contribution in [-0.4, -0.2) is 48.1 Å². The van der Waals surface area contributed by atoms with Gasteiger partial charge in [0.2, 0.25) is 5.91 Å². The molecule has 5 nitrogen and oxygen atoms in total. The molecule has 2 aromatic rings. The van der Waals surface area contributed by atoms with Crippen LogP contribution in [0.25, 0.3) is 0 Å². The number of nitrogens with one attached hydrogen (secondary N) is 1. The lowest BCUT2D eigenvalue weighted by Crippen LogP contribution is -2.52. The quantitative estimate of drug-likeness (QED) is 0.834. The molecule has 1 aliphatic heterocycles. The van der Waals surface area contributed by atoms with Crippen LogP contribution in [0.2, 0.25) is 0 Å². The van der Waals surface area contributed by atoms with E-state index in [1.807, 2.05) is 21.9 Å². The van der Waals surface area contributed by atoms with E-state index >= 15 is 0 Å². The van der Waals surface area contributed by atoms with Gasteiger partial charge in [0.25, 0.3) is 0 Å². The molecule has 1 amide bonds. The van der Waals surface area contributed by atoms with Gasteiger partial charge in [0.1, 0.15) is 5.75 Å². The molecule has 1 heterocycles. The van der Waals surface area contributed by atoms with Crippen molar-refractivity contribution in [2.45, 2.75) is 19.1 Å². The SMILES string of the molecule is C[C@@H](C(=O)Nc1cccc(C(F)(F)F)c1)N1CCN(c2ccccc2O)CC1. The molecular weight excluding hydrogens is 371 g/mol. The summed E-state index contributed by atoms with van der Waals surface area (Å²) in [7, 11) is 0. The van der Waals surface area contributed by atoms with E-state index in [1.54, 1.807) is 19.1 Å². The lowest BCUT2D eigenvalue weighted by Gasteiger charge is -2.38. The van der Waals surface area contributed by atoms with E-state index in [-0.39, 0.29) is 17.3 Å². The number of anilines is 2. The fourth-order valence-electron chi connectivity index (χ4n) is 3.27. The third-order valence-electron chi connectivity index (χ3n) is 4.92. The van der Waals surface area contributed by atoms with Crippen LogP contribution >= 0.6 is 0 Å². The molecule has 1 saturated heterocycles. The Morgan fingerprint density at radius 1 is 1.07 bits per heavy atom. The molecule has 28 heavy (non-hydrogen) atoms. The summed E-state index contributed by atoms with van der Waals surface area (Å²) in [6, 6.07) is 11.2. The molecule has 1 aliphatic rings. The fourth-order valence-corrected chi connectivity index (χ4v) is 3.27. The predicted molar refractivity (Wildman–Crippen MR) is 101 cm³/mol. The Labute approximate surface area is 161 Å². The number of para-hydroxylation sites is 2. The first-order valence-electron chi connectivity index (χ1n) is 9.01. The number of aromatic hydroxyl groups is 1. The van der Waals surface area contributed by atoms with Crippen molar-refractivity contribution < 1.29 is 23.1 Å². The van der Waals surface area contributed by atoms with E-state index in [0.29, 0.717) is 26.2 Å². The Morgan fingerprint density at radius 3 is 2.39 bits per heavy atom. The second-order valence-corrected chi connectivity index (χ2v) is 6.76.